The highest BCUT2D eigenvalue weighted by atomic mass is 19.1. The summed E-state index contributed by atoms with van der Waals surface area (Å²) in [7, 11) is 0. The molecule has 0 aliphatic carbocycles. The molecule has 0 bridgehead atoms. The fourth-order valence-electron chi connectivity index (χ4n) is 1.70. The summed E-state index contributed by atoms with van der Waals surface area (Å²) < 4.78 is 15.4. The second-order valence-corrected chi connectivity index (χ2v) is 4.08. The molecule has 0 aliphatic rings. The van der Waals surface area contributed by atoms with Crippen molar-refractivity contribution in [1.29, 1.82) is 0 Å². The minimum absolute atomic E-state index is 0.0681. The third-order valence-electron chi connectivity index (χ3n) is 2.68. The van der Waals surface area contributed by atoms with Gasteiger partial charge in [0.1, 0.15) is 5.82 Å². The molecular formula is C13H14FN3O2. The van der Waals surface area contributed by atoms with Crippen molar-refractivity contribution in [3.05, 3.63) is 48.3 Å². The summed E-state index contributed by atoms with van der Waals surface area (Å²) in [5.74, 6) is -1.52. The average molecular weight is 263 g/mol. The van der Waals surface area contributed by atoms with E-state index < -0.39 is 11.8 Å². The van der Waals surface area contributed by atoms with E-state index in [2.05, 4.69) is 10.3 Å². The first kappa shape index (κ1) is 13.1. The van der Waals surface area contributed by atoms with Crippen LogP contribution >= 0.6 is 0 Å². The van der Waals surface area contributed by atoms with Crippen LogP contribution < -0.4 is 5.32 Å². The van der Waals surface area contributed by atoms with Crippen molar-refractivity contribution < 1.29 is 14.3 Å². The van der Waals surface area contributed by atoms with Crippen LogP contribution in [0.25, 0.3) is 0 Å². The van der Waals surface area contributed by atoms with E-state index in [0.717, 1.165) is 19.0 Å². The second-order valence-electron chi connectivity index (χ2n) is 4.08. The number of benzene rings is 1. The van der Waals surface area contributed by atoms with E-state index in [1.54, 1.807) is 12.5 Å². The number of nitrogens with one attached hydrogen (secondary N) is 1. The van der Waals surface area contributed by atoms with Crippen molar-refractivity contribution in [2.24, 2.45) is 0 Å². The van der Waals surface area contributed by atoms with Crippen LogP contribution in [0.5, 0.6) is 0 Å². The standard InChI is InChI=1S/C13H14FN3O2/c14-11-3-2-10(13(18)19)8-12(11)16-4-1-6-17-7-5-15-9-17/h2-3,5,7-9,16H,1,4,6H2,(H,18,19). The number of aryl methyl sites for hydroxylation is 1. The van der Waals surface area contributed by atoms with Crippen LogP contribution in [-0.2, 0) is 6.54 Å². The maximum Gasteiger partial charge on any atom is 0.335 e. The number of carboxylic acids is 1. The highest BCUT2D eigenvalue weighted by molar-refractivity contribution is 5.88. The van der Waals surface area contributed by atoms with E-state index in [4.69, 9.17) is 5.11 Å². The predicted octanol–water partition coefficient (Wildman–Crippen LogP) is 2.22. The maximum atomic E-state index is 13.5. The number of anilines is 1. The third-order valence-corrected chi connectivity index (χ3v) is 2.68. The highest BCUT2D eigenvalue weighted by Gasteiger charge is 2.07. The molecule has 0 spiro atoms. The van der Waals surface area contributed by atoms with Gasteiger partial charge in [-0.15, -0.1) is 0 Å². The second kappa shape index (κ2) is 5.99. The van der Waals surface area contributed by atoms with Gasteiger partial charge in [0.15, 0.2) is 0 Å². The molecule has 19 heavy (non-hydrogen) atoms. The van der Waals surface area contributed by atoms with Gasteiger partial charge in [-0.25, -0.2) is 14.2 Å². The topological polar surface area (TPSA) is 67.2 Å². The first-order chi connectivity index (χ1) is 9.16. The Hall–Kier alpha value is -2.37. The van der Waals surface area contributed by atoms with Crippen LogP contribution in [-0.4, -0.2) is 27.2 Å². The fourth-order valence-corrected chi connectivity index (χ4v) is 1.70. The van der Waals surface area contributed by atoms with E-state index in [0.29, 0.717) is 6.54 Å². The normalized spacial score (nSPS) is 10.4. The Morgan fingerprint density at radius 1 is 1.47 bits per heavy atom. The van der Waals surface area contributed by atoms with Gasteiger partial charge in [0.05, 0.1) is 17.6 Å². The van der Waals surface area contributed by atoms with Gasteiger partial charge >= 0.3 is 5.97 Å². The van der Waals surface area contributed by atoms with E-state index >= 15 is 0 Å². The summed E-state index contributed by atoms with van der Waals surface area (Å²) in [6.07, 6.45) is 6.05. The quantitative estimate of drug-likeness (QED) is 0.784. The van der Waals surface area contributed by atoms with Crippen LogP contribution in [0.2, 0.25) is 0 Å². The zero-order valence-corrected chi connectivity index (χ0v) is 10.2. The lowest BCUT2D eigenvalue weighted by Gasteiger charge is -2.08. The van der Waals surface area contributed by atoms with Crippen molar-refractivity contribution >= 4 is 11.7 Å². The molecule has 0 radical (unpaired) electrons. The molecule has 1 heterocycles. The Kier molecular flexibility index (Phi) is 4.12. The Balaban J connectivity index is 1.88. The van der Waals surface area contributed by atoms with Gasteiger partial charge < -0.3 is 15.0 Å². The van der Waals surface area contributed by atoms with Gasteiger partial charge in [-0.05, 0) is 24.6 Å². The van der Waals surface area contributed by atoms with Crippen LogP contribution in [0.4, 0.5) is 10.1 Å². The summed E-state index contributed by atoms with van der Waals surface area (Å²) in [5.41, 5.74) is 0.282. The van der Waals surface area contributed by atoms with Gasteiger partial charge in [0.2, 0.25) is 0 Å². The molecule has 0 atom stereocenters. The molecule has 100 valence electrons. The van der Waals surface area contributed by atoms with Crippen molar-refractivity contribution in [1.82, 2.24) is 9.55 Å². The number of carbonyl (C=O) groups is 1. The molecule has 0 amide bonds. The van der Waals surface area contributed by atoms with Gasteiger partial charge in [0.25, 0.3) is 0 Å². The first-order valence-electron chi connectivity index (χ1n) is 5.89. The third kappa shape index (κ3) is 3.54. The van der Waals surface area contributed by atoms with Crippen LogP contribution in [0.15, 0.2) is 36.9 Å². The van der Waals surface area contributed by atoms with Gasteiger partial charge in [-0.3, -0.25) is 0 Å². The SMILES string of the molecule is O=C(O)c1ccc(F)c(NCCCn2ccnc2)c1. The smallest absolute Gasteiger partial charge is 0.335 e. The minimum Gasteiger partial charge on any atom is -0.478 e. The van der Waals surface area contributed by atoms with Crippen LogP contribution in [0, 0.1) is 5.82 Å². The van der Waals surface area contributed by atoms with Crippen molar-refractivity contribution in [2.45, 2.75) is 13.0 Å². The number of aromatic nitrogens is 2. The molecule has 2 N–H and O–H groups in total. The number of hydrogen-bond acceptors (Lipinski definition) is 3. The Bertz CT molecular complexity index is 555. The van der Waals surface area contributed by atoms with Gasteiger partial charge in [-0.2, -0.15) is 0 Å². The van der Waals surface area contributed by atoms with Crippen LogP contribution in [0.3, 0.4) is 0 Å². The first-order valence-corrected chi connectivity index (χ1v) is 5.89. The average Bonchev–Trinajstić information content (AvgIpc) is 2.89. The molecule has 6 heteroatoms. The number of aromatic carboxylic acids is 1. The van der Waals surface area contributed by atoms with E-state index in [9.17, 15) is 9.18 Å². The molecular weight excluding hydrogens is 249 g/mol. The number of halogens is 1. The van der Waals surface area contributed by atoms with Crippen molar-refractivity contribution in [3.63, 3.8) is 0 Å². The lowest BCUT2D eigenvalue weighted by molar-refractivity contribution is 0.0697. The summed E-state index contributed by atoms with van der Waals surface area (Å²) in [6.45, 7) is 1.32. The Morgan fingerprint density at radius 3 is 3.00 bits per heavy atom. The highest BCUT2D eigenvalue weighted by Crippen LogP contribution is 2.16. The van der Waals surface area contributed by atoms with Crippen LogP contribution in [0.1, 0.15) is 16.8 Å². The largest absolute Gasteiger partial charge is 0.478 e. The molecule has 1 aromatic carbocycles. The number of imidazole rings is 1. The number of hydrogen-bond donors (Lipinski definition) is 2. The van der Waals surface area contributed by atoms with E-state index in [-0.39, 0.29) is 11.3 Å². The molecule has 0 aliphatic heterocycles. The number of rotatable bonds is 6. The molecule has 0 saturated carbocycles. The molecule has 2 rings (SSSR count). The zero-order chi connectivity index (χ0) is 13.7. The Labute approximate surface area is 109 Å². The molecule has 2 aromatic rings. The summed E-state index contributed by atoms with van der Waals surface area (Å²) >= 11 is 0. The molecule has 1 aromatic heterocycles. The summed E-state index contributed by atoms with van der Waals surface area (Å²) in [5, 5.41) is 11.7. The van der Waals surface area contributed by atoms with Gasteiger partial charge in [-0.1, -0.05) is 0 Å². The molecule has 5 nitrogen and oxygen atoms in total. The molecule has 0 unspecified atom stereocenters. The monoisotopic (exact) mass is 263 g/mol. The van der Waals surface area contributed by atoms with E-state index in [1.807, 2.05) is 10.8 Å². The molecule has 0 fully saturated rings. The number of carboxylic acid groups (broad SMARTS) is 1. The van der Waals surface area contributed by atoms with Crippen molar-refractivity contribution in [2.75, 3.05) is 11.9 Å². The molecule has 0 saturated heterocycles. The van der Waals surface area contributed by atoms with Crippen molar-refractivity contribution in [3.8, 4) is 0 Å². The maximum absolute atomic E-state index is 13.5. The summed E-state index contributed by atoms with van der Waals surface area (Å²) in [4.78, 5) is 14.7. The van der Waals surface area contributed by atoms with E-state index in [1.165, 1.54) is 12.1 Å². The minimum atomic E-state index is -1.07. The van der Waals surface area contributed by atoms with Gasteiger partial charge in [0, 0.05) is 25.5 Å². The zero-order valence-electron chi connectivity index (χ0n) is 10.2. The fraction of sp³-hybridized carbons (Fsp3) is 0.231. The predicted molar refractivity (Wildman–Crippen MR) is 68.7 cm³/mol. The number of nitrogens with zero attached hydrogens (tertiary/aromatic N) is 2. The Morgan fingerprint density at radius 2 is 2.32 bits per heavy atom. The lowest BCUT2D eigenvalue weighted by Crippen LogP contribution is -2.08. The summed E-state index contributed by atoms with van der Waals surface area (Å²) in [6, 6.07) is 3.70. The lowest BCUT2D eigenvalue weighted by atomic mass is 10.2.